The molecule has 64 heavy (non-hydrogen) atoms. The molecule has 0 spiro atoms. The molecule has 0 N–H and O–H groups in total. The predicted octanol–water partition coefficient (Wildman–Crippen LogP) is 14.4. The fourth-order valence-electron chi connectivity index (χ4n) is 11.9. The molecule has 0 saturated heterocycles. The van der Waals surface area contributed by atoms with Crippen molar-refractivity contribution in [3.8, 4) is 22.3 Å². The van der Waals surface area contributed by atoms with Gasteiger partial charge in [-0.3, -0.25) is 0 Å². The van der Waals surface area contributed by atoms with Crippen LogP contribution in [-0.4, -0.2) is 6.71 Å². The van der Waals surface area contributed by atoms with E-state index in [4.69, 9.17) is 0 Å². The Morgan fingerprint density at radius 3 is 1.41 bits per heavy atom. The molecular weight excluding hydrogens is 771 g/mol. The van der Waals surface area contributed by atoms with E-state index in [1.807, 2.05) is 0 Å². The van der Waals surface area contributed by atoms with E-state index in [1.54, 1.807) is 0 Å². The zero-order valence-electron chi connectivity index (χ0n) is 35.7. The average molecular weight is 813 g/mol. The summed E-state index contributed by atoms with van der Waals surface area (Å²) >= 11 is 0. The van der Waals surface area contributed by atoms with Crippen molar-refractivity contribution < 1.29 is 0 Å². The summed E-state index contributed by atoms with van der Waals surface area (Å²) in [5.41, 5.74) is 18.9. The molecule has 3 aliphatic rings. The summed E-state index contributed by atoms with van der Waals surface area (Å²) in [6.07, 6.45) is 0. The van der Waals surface area contributed by atoms with Crippen LogP contribution in [0.3, 0.4) is 0 Å². The summed E-state index contributed by atoms with van der Waals surface area (Å²) in [5, 5.41) is 10.1. The standard InChI is InChI=1S/C61H41BN2/c1-61(2)51-26-14-13-24-48(51)59-47(25-15-27-52(59)61)42-34-57-60-58(35-42)64(44-20-7-4-8-21-44)56-37-50-41(31-29-39-17-10-12-23-46(39)50)33-54(56)62(60)53-32-40-30-28-38-16-9-11-22-45(38)49(40)36-55(53)63(57)43-18-5-3-6-19-43/h3-37H,1-2H3. The summed E-state index contributed by atoms with van der Waals surface area (Å²) < 4.78 is 0. The van der Waals surface area contributed by atoms with Crippen molar-refractivity contribution in [2.24, 2.45) is 0 Å². The van der Waals surface area contributed by atoms with Gasteiger partial charge in [-0.05, 0) is 141 Å². The molecule has 0 atom stereocenters. The molecule has 11 aromatic rings. The molecular formula is C61H41BN2. The van der Waals surface area contributed by atoms with Gasteiger partial charge in [0, 0.05) is 39.5 Å². The van der Waals surface area contributed by atoms with E-state index in [0.29, 0.717) is 0 Å². The Labute approximate surface area is 373 Å². The van der Waals surface area contributed by atoms with E-state index in [2.05, 4.69) is 236 Å². The second-order valence-electron chi connectivity index (χ2n) is 18.4. The third-order valence-electron chi connectivity index (χ3n) is 14.7. The predicted molar refractivity (Wildman–Crippen MR) is 273 cm³/mol. The van der Waals surface area contributed by atoms with Crippen molar-refractivity contribution >= 4 is 100 Å². The normalized spacial score (nSPS) is 14.1. The summed E-state index contributed by atoms with van der Waals surface area (Å²) in [6.45, 7) is 4.73. The Kier molecular flexibility index (Phi) is 7.29. The van der Waals surface area contributed by atoms with E-state index in [0.717, 1.165) is 11.4 Å². The molecule has 0 radical (unpaired) electrons. The fraction of sp³-hybridized carbons (Fsp3) is 0.0492. The van der Waals surface area contributed by atoms with Gasteiger partial charge in [-0.1, -0.05) is 178 Å². The largest absolute Gasteiger partial charge is 0.311 e. The first-order chi connectivity index (χ1) is 31.5. The van der Waals surface area contributed by atoms with Crippen LogP contribution in [-0.2, 0) is 5.41 Å². The van der Waals surface area contributed by atoms with Gasteiger partial charge in [-0.15, -0.1) is 0 Å². The summed E-state index contributed by atoms with van der Waals surface area (Å²) in [4.78, 5) is 5.14. The van der Waals surface area contributed by atoms with E-state index in [-0.39, 0.29) is 12.1 Å². The van der Waals surface area contributed by atoms with E-state index in [9.17, 15) is 0 Å². The molecule has 0 bridgehead atoms. The number of hydrogen-bond donors (Lipinski definition) is 0. The number of para-hydroxylation sites is 2. The minimum atomic E-state index is -0.118. The van der Waals surface area contributed by atoms with Crippen LogP contribution in [0, 0.1) is 0 Å². The van der Waals surface area contributed by atoms with E-state index >= 15 is 0 Å². The zero-order valence-corrected chi connectivity index (χ0v) is 35.7. The average Bonchev–Trinajstić information content (AvgIpc) is 3.59. The number of nitrogens with zero attached hydrogens (tertiary/aromatic N) is 2. The quantitative estimate of drug-likeness (QED) is 0.130. The highest BCUT2D eigenvalue weighted by Crippen LogP contribution is 2.54. The second-order valence-corrected chi connectivity index (χ2v) is 18.4. The first-order valence-corrected chi connectivity index (χ1v) is 22.5. The van der Waals surface area contributed by atoms with Crippen molar-refractivity contribution in [1.29, 1.82) is 0 Å². The summed E-state index contributed by atoms with van der Waals surface area (Å²) in [6, 6.07) is 80.0. The second kappa shape index (κ2) is 13.1. The molecule has 0 saturated carbocycles. The molecule has 1 aliphatic carbocycles. The zero-order chi connectivity index (χ0) is 42.3. The van der Waals surface area contributed by atoms with Gasteiger partial charge in [0.15, 0.2) is 0 Å². The van der Waals surface area contributed by atoms with Gasteiger partial charge in [0.05, 0.1) is 0 Å². The monoisotopic (exact) mass is 812 g/mol. The number of hydrogen-bond acceptors (Lipinski definition) is 2. The third kappa shape index (κ3) is 4.87. The molecule has 14 rings (SSSR count). The third-order valence-corrected chi connectivity index (χ3v) is 14.7. The molecule has 2 aliphatic heterocycles. The topological polar surface area (TPSA) is 6.48 Å². The Bertz CT molecular complexity index is 3590. The lowest BCUT2D eigenvalue weighted by Gasteiger charge is -2.45. The van der Waals surface area contributed by atoms with Gasteiger partial charge < -0.3 is 9.80 Å². The molecule has 11 aromatic carbocycles. The van der Waals surface area contributed by atoms with Gasteiger partial charge in [0.25, 0.3) is 6.71 Å². The van der Waals surface area contributed by atoms with Gasteiger partial charge in [-0.2, -0.15) is 0 Å². The van der Waals surface area contributed by atoms with Crippen LogP contribution >= 0.6 is 0 Å². The minimum absolute atomic E-state index is 0.0307. The molecule has 0 aromatic heterocycles. The maximum Gasteiger partial charge on any atom is 0.252 e. The number of benzene rings is 11. The number of fused-ring (bicyclic) bond motifs is 13. The van der Waals surface area contributed by atoms with Crippen molar-refractivity contribution in [3.63, 3.8) is 0 Å². The van der Waals surface area contributed by atoms with Crippen LogP contribution in [0.25, 0.3) is 65.3 Å². The smallest absolute Gasteiger partial charge is 0.252 e. The SMILES string of the molecule is CC1(C)c2ccccc2-c2c(-c3cc4c5c(c3)N(c3ccccc3)c3cc6c(ccc7ccccc76)cc3B5c3cc5ccc6ccccc6c5cc3N4c3ccccc3)cccc21. The summed E-state index contributed by atoms with van der Waals surface area (Å²) in [7, 11) is 0. The van der Waals surface area contributed by atoms with Crippen LogP contribution in [0.5, 0.6) is 0 Å². The molecule has 298 valence electrons. The highest BCUT2D eigenvalue weighted by molar-refractivity contribution is 7.00. The van der Waals surface area contributed by atoms with Crippen molar-refractivity contribution in [2.45, 2.75) is 19.3 Å². The van der Waals surface area contributed by atoms with E-state index < -0.39 is 0 Å². The van der Waals surface area contributed by atoms with Gasteiger partial charge in [0.1, 0.15) is 0 Å². The van der Waals surface area contributed by atoms with Crippen LogP contribution in [0.2, 0.25) is 0 Å². The maximum atomic E-state index is 2.57. The lowest BCUT2D eigenvalue weighted by molar-refractivity contribution is 0.660. The molecule has 0 fully saturated rings. The maximum absolute atomic E-state index is 2.57. The Morgan fingerprint density at radius 1 is 0.359 bits per heavy atom. The Hall–Kier alpha value is -7.88. The molecule has 2 nitrogen and oxygen atoms in total. The fourth-order valence-corrected chi connectivity index (χ4v) is 11.9. The highest BCUT2D eigenvalue weighted by Gasteiger charge is 2.45. The Morgan fingerprint density at radius 2 is 0.828 bits per heavy atom. The number of rotatable bonds is 3. The van der Waals surface area contributed by atoms with Gasteiger partial charge in [-0.25, -0.2) is 0 Å². The summed E-state index contributed by atoms with van der Waals surface area (Å²) in [5.74, 6) is 0. The van der Waals surface area contributed by atoms with Crippen molar-refractivity contribution in [1.82, 2.24) is 0 Å². The molecule has 0 unspecified atom stereocenters. The lowest BCUT2D eigenvalue weighted by Crippen LogP contribution is -2.61. The molecule has 0 amide bonds. The number of anilines is 6. The Balaban J connectivity index is 1.15. The van der Waals surface area contributed by atoms with Crippen LogP contribution in [0.1, 0.15) is 25.0 Å². The van der Waals surface area contributed by atoms with Crippen molar-refractivity contribution in [2.75, 3.05) is 9.80 Å². The first kappa shape index (κ1) is 35.7. The van der Waals surface area contributed by atoms with Crippen molar-refractivity contribution in [3.05, 3.63) is 223 Å². The lowest BCUT2D eigenvalue weighted by atomic mass is 9.33. The van der Waals surface area contributed by atoms with Gasteiger partial charge in [0.2, 0.25) is 0 Å². The molecule has 3 heteroatoms. The van der Waals surface area contributed by atoms with Crippen LogP contribution in [0.4, 0.5) is 34.1 Å². The van der Waals surface area contributed by atoms with Gasteiger partial charge >= 0.3 is 0 Å². The first-order valence-electron chi connectivity index (χ1n) is 22.5. The van der Waals surface area contributed by atoms with Crippen LogP contribution < -0.4 is 26.2 Å². The highest BCUT2D eigenvalue weighted by atomic mass is 15.2. The minimum Gasteiger partial charge on any atom is -0.311 e. The van der Waals surface area contributed by atoms with Crippen LogP contribution in [0.15, 0.2) is 212 Å². The molecule has 2 heterocycles. The van der Waals surface area contributed by atoms with E-state index in [1.165, 1.54) is 116 Å².